The molecule has 0 aliphatic carbocycles. The van der Waals surface area contributed by atoms with Crippen molar-refractivity contribution >= 4 is 31.6 Å². The quantitative estimate of drug-likeness (QED) is 0.457. The van der Waals surface area contributed by atoms with Gasteiger partial charge in [0.25, 0.3) is 0 Å². The number of hydrogen-bond acceptors (Lipinski definition) is 5. The van der Waals surface area contributed by atoms with Crippen LogP contribution in [-0.2, 0) is 31.4 Å². The van der Waals surface area contributed by atoms with Gasteiger partial charge in [0, 0.05) is 25.3 Å². The first-order chi connectivity index (χ1) is 17.3. The highest BCUT2D eigenvalue weighted by Crippen LogP contribution is 2.24. The smallest absolute Gasteiger partial charge is 0.243 e. The van der Waals surface area contributed by atoms with Gasteiger partial charge in [-0.1, -0.05) is 55.0 Å². The normalized spacial score (nSPS) is 15.0. The highest BCUT2D eigenvalue weighted by Gasteiger charge is 2.29. The standard InChI is InChI=1S/C26H29N3O5S2/c30-26(27-23-12-6-2-7-13-23)21-29(20-22-10-4-1-5-11-22)36(33,34)25-16-14-24(15-17-25)35(31,32)28-18-8-3-9-19-28/h1-2,4-7,10-17H,3,8-9,18-21H2,(H,27,30). The lowest BCUT2D eigenvalue weighted by Crippen LogP contribution is -2.37. The minimum atomic E-state index is -4.11. The zero-order valence-corrected chi connectivity index (χ0v) is 21.4. The van der Waals surface area contributed by atoms with E-state index in [9.17, 15) is 21.6 Å². The average molecular weight is 528 g/mol. The molecule has 8 nitrogen and oxygen atoms in total. The van der Waals surface area contributed by atoms with Gasteiger partial charge in [0.15, 0.2) is 0 Å². The van der Waals surface area contributed by atoms with E-state index in [2.05, 4.69) is 5.32 Å². The van der Waals surface area contributed by atoms with E-state index >= 15 is 0 Å². The van der Waals surface area contributed by atoms with E-state index in [1.807, 2.05) is 12.1 Å². The Balaban J connectivity index is 1.58. The van der Waals surface area contributed by atoms with Crippen LogP contribution in [0.25, 0.3) is 0 Å². The van der Waals surface area contributed by atoms with Crippen LogP contribution >= 0.6 is 0 Å². The summed E-state index contributed by atoms with van der Waals surface area (Å²) in [7, 11) is -7.80. The van der Waals surface area contributed by atoms with Crippen LogP contribution in [0.4, 0.5) is 5.69 Å². The van der Waals surface area contributed by atoms with Gasteiger partial charge < -0.3 is 5.32 Å². The summed E-state index contributed by atoms with van der Waals surface area (Å²) >= 11 is 0. The van der Waals surface area contributed by atoms with Crippen molar-refractivity contribution in [3.63, 3.8) is 0 Å². The predicted molar refractivity (Wildman–Crippen MR) is 138 cm³/mol. The van der Waals surface area contributed by atoms with E-state index in [0.29, 0.717) is 18.8 Å². The molecule has 1 amide bonds. The van der Waals surface area contributed by atoms with Gasteiger partial charge in [-0.15, -0.1) is 0 Å². The number of nitrogens with one attached hydrogen (secondary N) is 1. The maximum atomic E-state index is 13.6. The molecule has 3 aromatic carbocycles. The SMILES string of the molecule is O=C(CN(Cc1ccccc1)S(=O)(=O)c1ccc(S(=O)(=O)N2CCCCC2)cc1)Nc1ccccc1. The Hall–Kier alpha value is -3.05. The molecule has 0 unspecified atom stereocenters. The van der Waals surface area contributed by atoms with Crippen LogP contribution in [0.2, 0.25) is 0 Å². The Morgan fingerprint density at radius 2 is 1.31 bits per heavy atom. The van der Waals surface area contributed by atoms with Crippen LogP contribution in [0.1, 0.15) is 24.8 Å². The predicted octanol–water partition coefficient (Wildman–Crippen LogP) is 3.69. The van der Waals surface area contributed by atoms with Gasteiger partial charge in [0.1, 0.15) is 0 Å². The topological polar surface area (TPSA) is 104 Å². The highest BCUT2D eigenvalue weighted by molar-refractivity contribution is 7.89. The second kappa shape index (κ2) is 11.3. The summed E-state index contributed by atoms with van der Waals surface area (Å²) in [6.07, 6.45) is 2.62. The lowest BCUT2D eigenvalue weighted by Gasteiger charge is -2.26. The van der Waals surface area contributed by atoms with Crippen molar-refractivity contribution in [2.45, 2.75) is 35.6 Å². The van der Waals surface area contributed by atoms with Gasteiger partial charge in [0.05, 0.1) is 16.3 Å². The highest BCUT2D eigenvalue weighted by atomic mass is 32.2. The Bertz CT molecular complexity index is 1370. The van der Waals surface area contributed by atoms with Gasteiger partial charge >= 0.3 is 0 Å². The lowest BCUT2D eigenvalue weighted by atomic mass is 10.2. The van der Waals surface area contributed by atoms with Gasteiger partial charge in [-0.3, -0.25) is 4.79 Å². The van der Waals surface area contributed by atoms with Crippen molar-refractivity contribution in [3.05, 3.63) is 90.5 Å². The first-order valence-corrected chi connectivity index (χ1v) is 14.6. The fourth-order valence-electron chi connectivity index (χ4n) is 4.08. The number of sulfonamides is 2. The monoisotopic (exact) mass is 527 g/mol. The molecule has 1 aliphatic rings. The maximum absolute atomic E-state index is 13.6. The third kappa shape index (κ3) is 6.19. The van der Waals surface area contributed by atoms with E-state index in [1.54, 1.807) is 48.5 Å². The van der Waals surface area contributed by atoms with E-state index in [-0.39, 0.29) is 16.3 Å². The first kappa shape index (κ1) is 26.0. The van der Waals surface area contributed by atoms with Crippen LogP contribution in [0, 0.1) is 0 Å². The number of carbonyl (C=O) groups is 1. The summed E-state index contributed by atoms with van der Waals surface area (Å²) in [5.41, 5.74) is 1.28. The number of nitrogens with zero attached hydrogens (tertiary/aromatic N) is 2. The van der Waals surface area contributed by atoms with Crippen molar-refractivity contribution < 1.29 is 21.6 Å². The Labute approximate surface area is 212 Å². The van der Waals surface area contributed by atoms with Crippen LogP contribution in [0.15, 0.2) is 94.7 Å². The van der Waals surface area contributed by atoms with Crippen molar-refractivity contribution in [1.82, 2.24) is 8.61 Å². The number of benzene rings is 3. The largest absolute Gasteiger partial charge is 0.325 e. The minimum absolute atomic E-state index is 0.0147. The van der Waals surface area contributed by atoms with Crippen LogP contribution in [0.3, 0.4) is 0 Å². The molecule has 1 N–H and O–H groups in total. The van der Waals surface area contributed by atoms with Gasteiger partial charge in [-0.2, -0.15) is 8.61 Å². The van der Waals surface area contributed by atoms with E-state index in [4.69, 9.17) is 0 Å². The van der Waals surface area contributed by atoms with Crippen molar-refractivity contribution in [1.29, 1.82) is 0 Å². The Morgan fingerprint density at radius 1 is 0.750 bits per heavy atom. The first-order valence-electron chi connectivity index (χ1n) is 11.8. The van der Waals surface area contributed by atoms with Gasteiger partial charge in [-0.25, -0.2) is 16.8 Å². The number of carbonyl (C=O) groups excluding carboxylic acids is 1. The molecule has 0 aromatic heterocycles. The third-order valence-corrected chi connectivity index (χ3v) is 9.71. The summed E-state index contributed by atoms with van der Waals surface area (Å²) in [5.74, 6) is -0.481. The zero-order chi connectivity index (χ0) is 25.6. The Kier molecular flexibility index (Phi) is 8.20. The molecular formula is C26H29N3O5S2. The molecule has 0 saturated carbocycles. The summed E-state index contributed by atoms with van der Waals surface area (Å²) in [5, 5.41) is 2.72. The van der Waals surface area contributed by atoms with E-state index in [0.717, 1.165) is 29.1 Å². The molecule has 0 bridgehead atoms. The van der Waals surface area contributed by atoms with Gasteiger partial charge in [-0.05, 0) is 54.8 Å². The fourth-order valence-corrected chi connectivity index (χ4v) is 6.98. The van der Waals surface area contributed by atoms with Crippen molar-refractivity contribution in [2.24, 2.45) is 0 Å². The van der Waals surface area contributed by atoms with Crippen LogP contribution in [-0.4, -0.2) is 51.0 Å². The molecule has 0 atom stereocenters. The molecule has 0 spiro atoms. The summed E-state index contributed by atoms with van der Waals surface area (Å²) in [6, 6.07) is 23.0. The number of hydrogen-bond donors (Lipinski definition) is 1. The second-order valence-electron chi connectivity index (χ2n) is 8.61. The average Bonchev–Trinajstić information content (AvgIpc) is 2.90. The summed E-state index contributed by atoms with van der Waals surface area (Å²) in [4.78, 5) is 12.7. The minimum Gasteiger partial charge on any atom is -0.325 e. The molecular weight excluding hydrogens is 498 g/mol. The number of anilines is 1. The Morgan fingerprint density at radius 3 is 1.92 bits per heavy atom. The molecule has 1 aliphatic heterocycles. The third-order valence-electron chi connectivity index (χ3n) is 5.99. The molecule has 1 heterocycles. The molecule has 1 saturated heterocycles. The van der Waals surface area contributed by atoms with Gasteiger partial charge in [0.2, 0.25) is 26.0 Å². The lowest BCUT2D eigenvalue weighted by molar-refractivity contribution is -0.116. The maximum Gasteiger partial charge on any atom is 0.243 e. The van der Waals surface area contributed by atoms with Crippen molar-refractivity contribution in [3.8, 4) is 0 Å². The van der Waals surface area contributed by atoms with Crippen molar-refractivity contribution in [2.75, 3.05) is 25.0 Å². The zero-order valence-electron chi connectivity index (χ0n) is 19.8. The molecule has 190 valence electrons. The number of rotatable bonds is 9. The summed E-state index contributed by atoms with van der Waals surface area (Å²) in [6.45, 7) is 0.507. The molecule has 4 rings (SSSR count). The van der Waals surface area contributed by atoms with Crippen LogP contribution in [0.5, 0.6) is 0 Å². The second-order valence-corrected chi connectivity index (χ2v) is 12.5. The van der Waals surface area contributed by atoms with E-state index < -0.39 is 32.5 Å². The number of amides is 1. The number of piperidine rings is 1. The molecule has 0 radical (unpaired) electrons. The fraction of sp³-hybridized carbons (Fsp3) is 0.269. The van der Waals surface area contributed by atoms with Crippen LogP contribution < -0.4 is 5.32 Å². The summed E-state index contributed by atoms with van der Waals surface area (Å²) < 4.78 is 55.6. The molecule has 3 aromatic rings. The molecule has 36 heavy (non-hydrogen) atoms. The molecule has 10 heteroatoms. The van der Waals surface area contributed by atoms with E-state index in [1.165, 1.54) is 28.6 Å². The molecule has 1 fully saturated rings. The number of para-hydroxylation sites is 1.